The van der Waals surface area contributed by atoms with Crippen molar-refractivity contribution in [2.24, 2.45) is 0 Å². The van der Waals surface area contributed by atoms with Crippen molar-refractivity contribution in [1.29, 1.82) is 0 Å². The van der Waals surface area contributed by atoms with Gasteiger partial charge in [0.15, 0.2) is 0 Å². The van der Waals surface area contributed by atoms with Crippen LogP contribution in [0.4, 0.5) is 10.1 Å². The molecule has 2 aromatic rings. The molecular weight excluding hydrogens is 367 g/mol. The number of anilines is 1. The second kappa shape index (κ2) is 6.28. The van der Waals surface area contributed by atoms with Gasteiger partial charge in [0.05, 0.1) is 10.7 Å². The summed E-state index contributed by atoms with van der Waals surface area (Å²) in [4.78, 5) is 22.9. The van der Waals surface area contributed by atoms with E-state index in [0.717, 1.165) is 12.1 Å². The van der Waals surface area contributed by atoms with Crippen LogP contribution in [0.1, 0.15) is 10.5 Å². The van der Waals surface area contributed by atoms with Crippen molar-refractivity contribution >= 4 is 45.1 Å². The van der Waals surface area contributed by atoms with E-state index in [-0.39, 0.29) is 27.4 Å². The smallest absolute Gasteiger partial charge is 0.323 e. The molecule has 0 unspecified atom stereocenters. The second-order valence-corrected chi connectivity index (χ2v) is 5.38. The lowest BCUT2D eigenvalue weighted by atomic mass is 10.3. The Kier molecular flexibility index (Phi) is 4.64. The van der Waals surface area contributed by atoms with Crippen LogP contribution < -0.4 is 5.32 Å². The molecule has 110 valence electrons. The highest BCUT2D eigenvalue weighted by atomic mass is 79.9. The molecule has 1 aromatic carbocycles. The van der Waals surface area contributed by atoms with Gasteiger partial charge in [-0.05, 0) is 40.2 Å². The van der Waals surface area contributed by atoms with Crippen LogP contribution in [0.3, 0.4) is 0 Å². The van der Waals surface area contributed by atoms with Crippen molar-refractivity contribution in [2.75, 3.05) is 5.32 Å². The molecule has 0 saturated carbocycles. The fourth-order valence-corrected chi connectivity index (χ4v) is 2.64. The molecule has 21 heavy (non-hydrogen) atoms. The molecular formula is C13H9BrClFN2O3. The number of benzene rings is 1. The topological polar surface area (TPSA) is 71.3 Å². The number of halogens is 3. The lowest BCUT2D eigenvalue weighted by molar-refractivity contribution is -0.137. The number of aliphatic carboxylic acids is 1. The van der Waals surface area contributed by atoms with Gasteiger partial charge in [-0.2, -0.15) is 0 Å². The molecule has 0 radical (unpaired) electrons. The number of hydrogen-bond acceptors (Lipinski definition) is 2. The molecule has 0 saturated heterocycles. The Morgan fingerprint density at radius 1 is 1.43 bits per heavy atom. The van der Waals surface area contributed by atoms with Gasteiger partial charge >= 0.3 is 5.97 Å². The highest BCUT2D eigenvalue weighted by molar-refractivity contribution is 9.10. The van der Waals surface area contributed by atoms with E-state index in [4.69, 9.17) is 16.7 Å². The predicted molar refractivity (Wildman–Crippen MR) is 79.1 cm³/mol. The van der Waals surface area contributed by atoms with E-state index in [0.29, 0.717) is 0 Å². The first-order valence-corrected chi connectivity index (χ1v) is 6.88. The van der Waals surface area contributed by atoms with E-state index < -0.39 is 17.7 Å². The first kappa shape index (κ1) is 15.5. The summed E-state index contributed by atoms with van der Waals surface area (Å²) < 4.78 is 14.7. The Morgan fingerprint density at radius 3 is 2.76 bits per heavy atom. The van der Waals surface area contributed by atoms with Crippen LogP contribution in [0.5, 0.6) is 0 Å². The van der Waals surface area contributed by atoms with Gasteiger partial charge in [0.2, 0.25) is 0 Å². The molecule has 0 spiro atoms. The predicted octanol–water partition coefficient (Wildman–Crippen LogP) is 3.38. The zero-order valence-corrected chi connectivity index (χ0v) is 12.8. The number of nitrogens with zero attached hydrogens (tertiary/aromatic N) is 1. The number of amides is 1. The Balaban J connectivity index is 2.27. The van der Waals surface area contributed by atoms with Crippen LogP contribution in [0.2, 0.25) is 5.02 Å². The maximum atomic E-state index is 13.1. The fourth-order valence-electron chi connectivity index (χ4n) is 1.74. The molecule has 1 heterocycles. The van der Waals surface area contributed by atoms with Crippen LogP contribution in [-0.2, 0) is 11.3 Å². The Hall–Kier alpha value is -1.86. The largest absolute Gasteiger partial charge is 0.480 e. The van der Waals surface area contributed by atoms with Crippen LogP contribution in [0, 0.1) is 5.82 Å². The van der Waals surface area contributed by atoms with E-state index in [2.05, 4.69) is 21.2 Å². The van der Waals surface area contributed by atoms with Gasteiger partial charge in [-0.3, -0.25) is 9.59 Å². The highest BCUT2D eigenvalue weighted by Crippen LogP contribution is 2.32. The van der Waals surface area contributed by atoms with Crippen molar-refractivity contribution in [2.45, 2.75) is 6.54 Å². The third-order valence-electron chi connectivity index (χ3n) is 2.61. The van der Waals surface area contributed by atoms with Crippen molar-refractivity contribution in [3.63, 3.8) is 0 Å². The lowest BCUT2D eigenvalue weighted by Crippen LogP contribution is -2.19. The number of carboxylic acid groups (broad SMARTS) is 1. The number of carbonyl (C=O) groups is 2. The Morgan fingerprint density at radius 2 is 2.14 bits per heavy atom. The first-order chi connectivity index (χ1) is 9.88. The van der Waals surface area contributed by atoms with E-state index in [9.17, 15) is 14.0 Å². The van der Waals surface area contributed by atoms with Gasteiger partial charge in [0.1, 0.15) is 18.1 Å². The summed E-state index contributed by atoms with van der Waals surface area (Å²) in [6.45, 7) is -0.339. The molecule has 0 aliphatic rings. The molecule has 2 N–H and O–H groups in total. The molecule has 0 bridgehead atoms. The Labute approximate surface area is 132 Å². The summed E-state index contributed by atoms with van der Waals surface area (Å²) in [6.07, 6.45) is 1.48. The lowest BCUT2D eigenvalue weighted by Gasteiger charge is -2.11. The molecule has 1 aromatic heterocycles. The molecule has 0 aliphatic heterocycles. The molecule has 5 nitrogen and oxygen atoms in total. The van der Waals surface area contributed by atoms with E-state index in [1.807, 2.05) is 0 Å². The van der Waals surface area contributed by atoms with E-state index >= 15 is 0 Å². The Bertz CT molecular complexity index is 694. The summed E-state index contributed by atoms with van der Waals surface area (Å²) in [7, 11) is 0. The number of rotatable bonds is 4. The highest BCUT2D eigenvalue weighted by Gasteiger charge is 2.16. The molecule has 0 aliphatic carbocycles. The van der Waals surface area contributed by atoms with E-state index in [1.165, 1.54) is 16.8 Å². The first-order valence-electron chi connectivity index (χ1n) is 5.71. The standard InChI is InChI=1S/C13H9BrClFN2O3/c14-8-4-7(16)5-9(15)12(8)17-13(21)10-2-1-3-18(10)6-11(19)20/h1-5H,6H2,(H,17,21)(H,19,20). The molecule has 8 heteroatoms. The van der Waals surface area contributed by atoms with Crippen LogP contribution in [-0.4, -0.2) is 21.6 Å². The maximum Gasteiger partial charge on any atom is 0.323 e. The minimum Gasteiger partial charge on any atom is -0.480 e. The number of nitrogens with one attached hydrogen (secondary N) is 1. The third-order valence-corrected chi connectivity index (χ3v) is 3.54. The van der Waals surface area contributed by atoms with Crippen LogP contribution in [0.15, 0.2) is 34.9 Å². The van der Waals surface area contributed by atoms with Gasteiger partial charge in [-0.1, -0.05) is 11.6 Å². The quantitative estimate of drug-likeness (QED) is 0.860. The third kappa shape index (κ3) is 3.62. The van der Waals surface area contributed by atoms with Gasteiger partial charge in [0, 0.05) is 10.7 Å². The molecule has 0 atom stereocenters. The molecule has 2 rings (SSSR count). The second-order valence-electron chi connectivity index (χ2n) is 4.11. The van der Waals surface area contributed by atoms with Gasteiger partial charge < -0.3 is 15.0 Å². The van der Waals surface area contributed by atoms with Crippen LogP contribution >= 0.6 is 27.5 Å². The van der Waals surface area contributed by atoms with E-state index in [1.54, 1.807) is 6.07 Å². The minimum atomic E-state index is -1.07. The number of hydrogen-bond donors (Lipinski definition) is 2. The normalized spacial score (nSPS) is 10.4. The number of carboxylic acids is 1. The average molecular weight is 376 g/mol. The summed E-state index contributed by atoms with van der Waals surface area (Å²) in [5.41, 5.74) is 0.371. The van der Waals surface area contributed by atoms with Gasteiger partial charge in [-0.15, -0.1) is 0 Å². The van der Waals surface area contributed by atoms with Gasteiger partial charge in [-0.25, -0.2) is 4.39 Å². The average Bonchev–Trinajstić information content (AvgIpc) is 2.80. The molecule has 0 fully saturated rings. The summed E-state index contributed by atoms with van der Waals surface area (Å²) in [5, 5.41) is 11.3. The summed E-state index contributed by atoms with van der Waals surface area (Å²) in [6, 6.07) is 5.26. The van der Waals surface area contributed by atoms with Crippen LogP contribution in [0.25, 0.3) is 0 Å². The number of carbonyl (C=O) groups excluding carboxylic acids is 1. The minimum absolute atomic E-state index is 0.0339. The zero-order chi connectivity index (χ0) is 15.6. The SMILES string of the molecule is O=C(O)Cn1cccc1C(=O)Nc1c(Cl)cc(F)cc1Br. The van der Waals surface area contributed by atoms with Crippen molar-refractivity contribution in [3.05, 3.63) is 51.5 Å². The zero-order valence-electron chi connectivity index (χ0n) is 10.4. The summed E-state index contributed by atoms with van der Waals surface area (Å²) >= 11 is 8.99. The molecule has 1 amide bonds. The van der Waals surface area contributed by atoms with Crippen molar-refractivity contribution in [1.82, 2.24) is 4.57 Å². The van der Waals surface area contributed by atoms with Crippen molar-refractivity contribution in [3.8, 4) is 0 Å². The fraction of sp³-hybridized carbons (Fsp3) is 0.0769. The summed E-state index contributed by atoms with van der Waals surface area (Å²) in [5.74, 6) is -2.16. The van der Waals surface area contributed by atoms with Gasteiger partial charge in [0.25, 0.3) is 5.91 Å². The monoisotopic (exact) mass is 374 g/mol. The van der Waals surface area contributed by atoms with Crippen molar-refractivity contribution < 1.29 is 19.1 Å². The number of aromatic nitrogens is 1. The maximum absolute atomic E-state index is 13.1.